The predicted molar refractivity (Wildman–Crippen MR) is 84.5 cm³/mol. The minimum absolute atomic E-state index is 0.195. The van der Waals surface area contributed by atoms with Crippen molar-refractivity contribution < 1.29 is 9.53 Å². The summed E-state index contributed by atoms with van der Waals surface area (Å²) < 4.78 is 5.33. The molecule has 0 spiro atoms. The Labute approximate surface area is 127 Å². The maximum absolute atomic E-state index is 12.5. The number of piperidine rings is 1. The molecular formula is C17H26N2O2. The molecule has 4 heteroatoms. The van der Waals surface area contributed by atoms with Crippen LogP contribution in [0, 0.1) is 5.92 Å². The first-order valence-corrected chi connectivity index (χ1v) is 7.85. The SMILES string of the molecule is CCN(CC1CCNCC1)C(=O)Cc1ccccc1OC. The monoisotopic (exact) mass is 290 g/mol. The van der Waals surface area contributed by atoms with Crippen molar-refractivity contribution in [3.05, 3.63) is 29.8 Å². The van der Waals surface area contributed by atoms with E-state index in [0.717, 1.165) is 37.5 Å². The molecule has 0 aromatic heterocycles. The Balaban J connectivity index is 1.96. The van der Waals surface area contributed by atoms with Crippen molar-refractivity contribution in [1.82, 2.24) is 10.2 Å². The van der Waals surface area contributed by atoms with Crippen molar-refractivity contribution in [3.8, 4) is 5.75 Å². The molecule has 4 nitrogen and oxygen atoms in total. The molecule has 1 heterocycles. The zero-order valence-corrected chi connectivity index (χ0v) is 13.1. The summed E-state index contributed by atoms with van der Waals surface area (Å²) in [5.74, 6) is 1.62. The van der Waals surface area contributed by atoms with Crippen LogP contribution in [0.5, 0.6) is 5.75 Å². The average molecular weight is 290 g/mol. The number of likely N-dealkylation sites (N-methyl/N-ethyl adjacent to an activating group) is 1. The van der Waals surface area contributed by atoms with Gasteiger partial charge in [0, 0.05) is 18.7 Å². The fourth-order valence-corrected chi connectivity index (χ4v) is 2.91. The highest BCUT2D eigenvalue weighted by molar-refractivity contribution is 5.79. The van der Waals surface area contributed by atoms with E-state index in [4.69, 9.17) is 4.74 Å². The molecule has 0 radical (unpaired) electrons. The van der Waals surface area contributed by atoms with E-state index in [1.54, 1.807) is 7.11 Å². The number of para-hydroxylation sites is 1. The van der Waals surface area contributed by atoms with Crippen LogP contribution < -0.4 is 10.1 Å². The van der Waals surface area contributed by atoms with Gasteiger partial charge in [0.25, 0.3) is 0 Å². The van der Waals surface area contributed by atoms with Crippen LogP contribution >= 0.6 is 0 Å². The Morgan fingerprint density at radius 3 is 2.71 bits per heavy atom. The molecule has 0 saturated carbocycles. The average Bonchev–Trinajstić information content (AvgIpc) is 2.54. The number of benzene rings is 1. The van der Waals surface area contributed by atoms with E-state index in [-0.39, 0.29) is 5.91 Å². The van der Waals surface area contributed by atoms with Gasteiger partial charge in [0.1, 0.15) is 5.75 Å². The van der Waals surface area contributed by atoms with Crippen molar-refractivity contribution in [3.63, 3.8) is 0 Å². The van der Waals surface area contributed by atoms with Crippen LogP contribution in [0.15, 0.2) is 24.3 Å². The van der Waals surface area contributed by atoms with Gasteiger partial charge in [-0.1, -0.05) is 18.2 Å². The lowest BCUT2D eigenvalue weighted by atomic mass is 9.97. The number of nitrogens with zero attached hydrogens (tertiary/aromatic N) is 1. The van der Waals surface area contributed by atoms with Crippen LogP contribution in [0.3, 0.4) is 0 Å². The molecule has 1 aromatic rings. The fourth-order valence-electron chi connectivity index (χ4n) is 2.91. The first-order valence-electron chi connectivity index (χ1n) is 7.85. The number of carbonyl (C=O) groups is 1. The van der Waals surface area contributed by atoms with E-state index in [1.807, 2.05) is 29.2 Å². The molecule has 21 heavy (non-hydrogen) atoms. The molecule has 2 rings (SSSR count). The third-order valence-electron chi connectivity index (χ3n) is 4.21. The van der Waals surface area contributed by atoms with Crippen molar-refractivity contribution >= 4 is 5.91 Å². The number of methoxy groups -OCH3 is 1. The second kappa shape index (κ2) is 8.03. The summed E-state index contributed by atoms with van der Waals surface area (Å²) in [6.45, 7) is 5.86. The molecule has 0 bridgehead atoms. The van der Waals surface area contributed by atoms with E-state index in [2.05, 4.69) is 12.2 Å². The van der Waals surface area contributed by atoms with Gasteiger partial charge in [-0.15, -0.1) is 0 Å². The van der Waals surface area contributed by atoms with E-state index in [9.17, 15) is 4.79 Å². The zero-order chi connectivity index (χ0) is 15.1. The van der Waals surface area contributed by atoms with Gasteiger partial charge in [-0.05, 0) is 44.8 Å². The minimum atomic E-state index is 0.195. The Morgan fingerprint density at radius 1 is 1.33 bits per heavy atom. The molecule has 116 valence electrons. The highest BCUT2D eigenvalue weighted by Crippen LogP contribution is 2.19. The van der Waals surface area contributed by atoms with Gasteiger partial charge in [-0.2, -0.15) is 0 Å². The largest absolute Gasteiger partial charge is 0.496 e. The molecule has 1 N–H and O–H groups in total. The first-order chi connectivity index (χ1) is 10.2. The molecule has 1 amide bonds. The van der Waals surface area contributed by atoms with E-state index in [0.29, 0.717) is 12.3 Å². The van der Waals surface area contributed by atoms with Crippen LogP contribution in [-0.2, 0) is 11.2 Å². The van der Waals surface area contributed by atoms with Crippen molar-refractivity contribution in [1.29, 1.82) is 0 Å². The Hall–Kier alpha value is -1.55. The third-order valence-corrected chi connectivity index (χ3v) is 4.21. The number of nitrogens with one attached hydrogen (secondary N) is 1. The Morgan fingerprint density at radius 2 is 2.05 bits per heavy atom. The topological polar surface area (TPSA) is 41.6 Å². The highest BCUT2D eigenvalue weighted by atomic mass is 16.5. The van der Waals surface area contributed by atoms with Gasteiger partial charge < -0.3 is 15.0 Å². The van der Waals surface area contributed by atoms with Crippen LogP contribution in [0.4, 0.5) is 0 Å². The molecule has 1 aliphatic heterocycles. The lowest BCUT2D eigenvalue weighted by Gasteiger charge is -2.29. The van der Waals surface area contributed by atoms with Crippen molar-refractivity contribution in [2.45, 2.75) is 26.2 Å². The summed E-state index contributed by atoms with van der Waals surface area (Å²) in [6.07, 6.45) is 2.75. The van der Waals surface area contributed by atoms with Gasteiger partial charge >= 0.3 is 0 Å². The maximum Gasteiger partial charge on any atom is 0.227 e. The van der Waals surface area contributed by atoms with Gasteiger partial charge in [-0.3, -0.25) is 4.79 Å². The van der Waals surface area contributed by atoms with Crippen molar-refractivity contribution in [2.24, 2.45) is 5.92 Å². The van der Waals surface area contributed by atoms with Gasteiger partial charge in [0.05, 0.1) is 13.5 Å². The lowest BCUT2D eigenvalue weighted by molar-refractivity contribution is -0.131. The second-order valence-corrected chi connectivity index (χ2v) is 5.61. The lowest BCUT2D eigenvalue weighted by Crippen LogP contribution is -2.39. The molecule has 1 saturated heterocycles. The molecular weight excluding hydrogens is 264 g/mol. The summed E-state index contributed by atoms with van der Waals surface area (Å²) >= 11 is 0. The summed E-state index contributed by atoms with van der Waals surface area (Å²) in [5, 5.41) is 3.37. The summed E-state index contributed by atoms with van der Waals surface area (Å²) in [4.78, 5) is 14.5. The number of hydrogen-bond donors (Lipinski definition) is 1. The predicted octanol–water partition coefficient (Wildman–Crippen LogP) is 2.09. The number of amides is 1. The molecule has 0 unspecified atom stereocenters. The maximum atomic E-state index is 12.5. The van der Waals surface area contributed by atoms with Crippen LogP contribution in [0.25, 0.3) is 0 Å². The van der Waals surface area contributed by atoms with Crippen LogP contribution in [0.1, 0.15) is 25.3 Å². The summed E-state index contributed by atoms with van der Waals surface area (Å²) in [5.41, 5.74) is 0.966. The third kappa shape index (κ3) is 4.46. The Bertz CT molecular complexity index is 456. The second-order valence-electron chi connectivity index (χ2n) is 5.61. The summed E-state index contributed by atoms with van der Waals surface area (Å²) in [6, 6.07) is 7.76. The quantitative estimate of drug-likeness (QED) is 0.872. The first kappa shape index (κ1) is 15.8. The molecule has 1 aliphatic rings. The number of ether oxygens (including phenoxy) is 1. The van der Waals surface area contributed by atoms with Crippen molar-refractivity contribution in [2.75, 3.05) is 33.3 Å². The summed E-state index contributed by atoms with van der Waals surface area (Å²) in [7, 11) is 1.65. The van der Waals surface area contributed by atoms with E-state index >= 15 is 0 Å². The smallest absolute Gasteiger partial charge is 0.227 e. The number of hydrogen-bond acceptors (Lipinski definition) is 3. The molecule has 1 aromatic carbocycles. The number of carbonyl (C=O) groups excluding carboxylic acids is 1. The number of rotatable bonds is 6. The van der Waals surface area contributed by atoms with Crippen LogP contribution in [-0.4, -0.2) is 44.1 Å². The Kier molecular flexibility index (Phi) is 6.05. The molecule has 0 atom stereocenters. The van der Waals surface area contributed by atoms with Gasteiger partial charge in [0.15, 0.2) is 0 Å². The minimum Gasteiger partial charge on any atom is -0.496 e. The highest BCUT2D eigenvalue weighted by Gasteiger charge is 2.20. The van der Waals surface area contributed by atoms with Crippen LogP contribution in [0.2, 0.25) is 0 Å². The van der Waals surface area contributed by atoms with E-state index in [1.165, 1.54) is 12.8 Å². The standard InChI is InChI=1S/C17H26N2O2/c1-3-19(13-14-8-10-18-11-9-14)17(20)12-15-6-4-5-7-16(15)21-2/h4-7,14,18H,3,8-13H2,1-2H3. The van der Waals surface area contributed by atoms with E-state index < -0.39 is 0 Å². The zero-order valence-electron chi connectivity index (χ0n) is 13.1. The molecule has 1 fully saturated rings. The normalized spacial score (nSPS) is 15.7. The van der Waals surface area contributed by atoms with Gasteiger partial charge in [0.2, 0.25) is 5.91 Å². The van der Waals surface area contributed by atoms with Gasteiger partial charge in [-0.25, -0.2) is 0 Å². The fraction of sp³-hybridized carbons (Fsp3) is 0.588. The molecule has 0 aliphatic carbocycles.